The topological polar surface area (TPSA) is 66.4 Å². The van der Waals surface area contributed by atoms with Crippen molar-refractivity contribution < 1.29 is 69.1 Å². The van der Waals surface area contributed by atoms with Crippen LogP contribution in [0.1, 0.15) is 0 Å². The van der Waals surface area contributed by atoms with Gasteiger partial charge in [-0.2, -0.15) is 0 Å². The van der Waals surface area contributed by atoms with Crippen molar-refractivity contribution in [1.82, 2.24) is 0 Å². The van der Waals surface area contributed by atoms with Crippen LogP contribution in [-0.2, 0) is 10.1 Å². The summed E-state index contributed by atoms with van der Waals surface area (Å²) < 4.78 is 36.4. The Balaban J connectivity index is 0.00000144. The zero-order chi connectivity index (χ0) is 9.19. The molecule has 0 heterocycles. The summed E-state index contributed by atoms with van der Waals surface area (Å²) in [5, 5.41) is 0. The maximum atomic E-state index is 10.6. The Labute approximate surface area is 119 Å². The van der Waals surface area contributed by atoms with Crippen molar-refractivity contribution in [1.29, 1.82) is 0 Å². The maximum Gasteiger partial charge on any atom is 1.00 e. The molecule has 0 radical (unpaired) electrons. The van der Waals surface area contributed by atoms with Crippen LogP contribution < -0.4 is 56.1 Å². The van der Waals surface area contributed by atoms with Crippen molar-refractivity contribution in [3.63, 3.8) is 0 Å². The van der Waals surface area contributed by atoms with E-state index in [1.807, 2.05) is 0 Å². The first kappa shape index (κ1) is 13.6. The van der Waals surface area contributed by atoms with Crippen LogP contribution in [0.5, 0.6) is 5.75 Å². The summed E-state index contributed by atoms with van der Waals surface area (Å²) in [4.78, 5) is -0.326. The van der Waals surface area contributed by atoms with E-state index in [4.69, 9.17) is 4.74 Å². The van der Waals surface area contributed by atoms with Gasteiger partial charge in [0.2, 0.25) is 0 Å². The molecule has 0 aliphatic rings. The standard InChI is InChI=1S/C7H8O4S.K/c1-11-6-4-2-3-5-7(6)12(8,9)10;/h2-5H,1H3,(H,8,9,10);/q;+1/p-1. The fourth-order valence-electron chi connectivity index (χ4n) is 0.825. The Hall–Kier alpha value is 0.566. The predicted octanol–water partition coefficient (Wildman–Crippen LogP) is -2.40. The summed E-state index contributed by atoms with van der Waals surface area (Å²) in [6.45, 7) is 0. The largest absolute Gasteiger partial charge is 1.00 e. The van der Waals surface area contributed by atoms with Gasteiger partial charge in [-0.1, -0.05) is 12.1 Å². The van der Waals surface area contributed by atoms with Gasteiger partial charge < -0.3 is 9.29 Å². The number of benzene rings is 1. The SMILES string of the molecule is COc1ccccc1S(=O)(=O)[O-].[K+]. The van der Waals surface area contributed by atoms with E-state index in [1.54, 1.807) is 6.07 Å². The minimum Gasteiger partial charge on any atom is -0.744 e. The average Bonchev–Trinajstić information content (AvgIpc) is 2.03. The van der Waals surface area contributed by atoms with Crippen LogP contribution in [0.3, 0.4) is 0 Å². The normalized spacial score (nSPS) is 10.3. The van der Waals surface area contributed by atoms with E-state index < -0.39 is 10.1 Å². The zero-order valence-corrected chi connectivity index (χ0v) is 11.3. The minimum absolute atomic E-state index is 0. The Morgan fingerprint density at radius 1 is 1.31 bits per heavy atom. The summed E-state index contributed by atoms with van der Waals surface area (Å²) in [6.07, 6.45) is 0. The van der Waals surface area contributed by atoms with E-state index in [2.05, 4.69) is 0 Å². The fourth-order valence-corrected chi connectivity index (χ4v) is 1.47. The van der Waals surface area contributed by atoms with Gasteiger partial charge in [0.15, 0.2) is 0 Å². The molecule has 4 nitrogen and oxygen atoms in total. The van der Waals surface area contributed by atoms with E-state index in [9.17, 15) is 13.0 Å². The smallest absolute Gasteiger partial charge is 0.744 e. The molecule has 0 aliphatic carbocycles. The number of rotatable bonds is 2. The van der Waals surface area contributed by atoms with E-state index in [0.29, 0.717) is 0 Å². The summed E-state index contributed by atoms with van der Waals surface area (Å²) >= 11 is 0. The van der Waals surface area contributed by atoms with E-state index in [-0.39, 0.29) is 62.0 Å². The third-order valence-corrected chi connectivity index (χ3v) is 2.21. The van der Waals surface area contributed by atoms with Gasteiger partial charge in [0.05, 0.1) is 12.0 Å². The summed E-state index contributed by atoms with van der Waals surface area (Å²) in [7, 11) is -3.11. The van der Waals surface area contributed by atoms with E-state index >= 15 is 0 Å². The Morgan fingerprint density at radius 2 is 1.85 bits per heavy atom. The first-order valence-electron chi connectivity index (χ1n) is 3.14. The molecule has 0 aromatic heterocycles. The van der Waals surface area contributed by atoms with Crippen molar-refractivity contribution in [3.8, 4) is 5.75 Å². The number of ether oxygens (including phenoxy) is 1. The molecule has 0 aliphatic heterocycles. The molecular formula is C7H7KO4S. The summed E-state index contributed by atoms with van der Waals surface area (Å²) in [5.74, 6) is 0.0764. The number of para-hydroxylation sites is 1. The molecule has 0 spiro atoms. The van der Waals surface area contributed by atoms with Crippen molar-refractivity contribution in [3.05, 3.63) is 24.3 Å². The van der Waals surface area contributed by atoms with Crippen molar-refractivity contribution >= 4 is 10.1 Å². The van der Waals surface area contributed by atoms with Crippen LogP contribution in [0, 0.1) is 0 Å². The van der Waals surface area contributed by atoms with E-state index in [0.717, 1.165) is 0 Å². The van der Waals surface area contributed by atoms with Gasteiger partial charge in [-0.3, -0.25) is 0 Å². The molecule has 66 valence electrons. The van der Waals surface area contributed by atoms with Gasteiger partial charge in [-0.15, -0.1) is 0 Å². The average molecular weight is 226 g/mol. The van der Waals surface area contributed by atoms with Gasteiger partial charge in [0.25, 0.3) is 0 Å². The van der Waals surface area contributed by atoms with Gasteiger partial charge in [-0.25, -0.2) is 8.42 Å². The third kappa shape index (κ3) is 3.66. The molecule has 13 heavy (non-hydrogen) atoms. The van der Waals surface area contributed by atoms with Crippen LogP contribution in [-0.4, -0.2) is 20.1 Å². The molecule has 0 atom stereocenters. The Bertz CT molecular complexity index is 374. The molecule has 1 rings (SSSR count). The van der Waals surface area contributed by atoms with Crippen LogP contribution in [0.4, 0.5) is 0 Å². The first-order valence-corrected chi connectivity index (χ1v) is 4.55. The number of hydrogen-bond acceptors (Lipinski definition) is 4. The second kappa shape index (κ2) is 5.45. The summed E-state index contributed by atoms with van der Waals surface area (Å²) in [6, 6.07) is 5.69. The maximum absolute atomic E-state index is 10.6. The molecule has 1 aromatic carbocycles. The van der Waals surface area contributed by atoms with Crippen LogP contribution in [0.15, 0.2) is 29.2 Å². The molecule has 0 fully saturated rings. The molecule has 0 bridgehead atoms. The Kier molecular flexibility index (Phi) is 5.69. The van der Waals surface area contributed by atoms with Crippen molar-refractivity contribution in [2.24, 2.45) is 0 Å². The minimum atomic E-state index is -4.42. The summed E-state index contributed by atoms with van der Waals surface area (Å²) in [5.41, 5.74) is 0. The van der Waals surface area contributed by atoms with E-state index in [1.165, 1.54) is 25.3 Å². The quantitative estimate of drug-likeness (QED) is 0.417. The van der Waals surface area contributed by atoms with Gasteiger partial charge in [0, 0.05) is 0 Å². The second-order valence-corrected chi connectivity index (χ2v) is 3.45. The van der Waals surface area contributed by atoms with Gasteiger partial charge in [0.1, 0.15) is 15.9 Å². The zero-order valence-electron chi connectivity index (χ0n) is 7.35. The first-order chi connectivity index (χ1) is 5.55. The molecule has 0 N–H and O–H groups in total. The number of methoxy groups -OCH3 is 1. The number of hydrogen-bond donors (Lipinski definition) is 0. The monoisotopic (exact) mass is 226 g/mol. The predicted molar refractivity (Wildman–Crippen MR) is 41.0 cm³/mol. The third-order valence-electron chi connectivity index (χ3n) is 1.34. The van der Waals surface area contributed by atoms with Crippen LogP contribution >= 0.6 is 0 Å². The van der Waals surface area contributed by atoms with Gasteiger partial charge >= 0.3 is 51.4 Å². The van der Waals surface area contributed by atoms with Crippen LogP contribution in [0.25, 0.3) is 0 Å². The Morgan fingerprint density at radius 3 is 2.23 bits per heavy atom. The molecule has 6 heteroatoms. The van der Waals surface area contributed by atoms with Gasteiger partial charge in [-0.05, 0) is 12.1 Å². The molecule has 0 amide bonds. The molecule has 0 unspecified atom stereocenters. The molecule has 0 saturated carbocycles. The molecule has 0 saturated heterocycles. The fraction of sp³-hybridized carbons (Fsp3) is 0.143. The molecular weight excluding hydrogens is 219 g/mol. The molecule has 1 aromatic rings. The second-order valence-electron chi connectivity index (χ2n) is 2.10. The van der Waals surface area contributed by atoms with Crippen LogP contribution in [0.2, 0.25) is 0 Å². The van der Waals surface area contributed by atoms with Crippen molar-refractivity contribution in [2.75, 3.05) is 7.11 Å². The van der Waals surface area contributed by atoms with Crippen molar-refractivity contribution in [2.45, 2.75) is 4.90 Å².